The summed E-state index contributed by atoms with van der Waals surface area (Å²) < 4.78 is 39.8. The number of benzene rings is 3. The van der Waals surface area contributed by atoms with E-state index in [1.165, 1.54) is 17.0 Å². The lowest BCUT2D eigenvalue weighted by Crippen LogP contribution is -2.52. The number of nitrogens with one attached hydrogen (secondary N) is 1. The van der Waals surface area contributed by atoms with E-state index in [1.54, 1.807) is 62.6 Å². The van der Waals surface area contributed by atoms with Gasteiger partial charge in [-0.15, -0.1) is 0 Å². The normalized spacial score (nSPS) is 12.6. The number of rotatable bonds is 14. The van der Waals surface area contributed by atoms with Gasteiger partial charge in [-0.2, -0.15) is 0 Å². The van der Waals surface area contributed by atoms with Gasteiger partial charge in [0, 0.05) is 12.6 Å². The van der Waals surface area contributed by atoms with Crippen LogP contribution in [-0.2, 0) is 26.2 Å². The van der Waals surface area contributed by atoms with Gasteiger partial charge in [-0.05, 0) is 88.2 Å². The van der Waals surface area contributed by atoms with E-state index in [0.717, 1.165) is 21.9 Å². The van der Waals surface area contributed by atoms with Crippen molar-refractivity contribution in [3.8, 4) is 11.5 Å². The SMILES string of the molecule is CCOc1ccc(N(CC(=O)N(Cc2ccc(OC)cc2)[C@H](C)C(=O)N[C@H](C)CC)S(=O)(=O)c2ccc(C)cc2)cc1. The lowest BCUT2D eigenvalue weighted by Gasteiger charge is -2.32. The van der Waals surface area contributed by atoms with Gasteiger partial charge < -0.3 is 19.7 Å². The summed E-state index contributed by atoms with van der Waals surface area (Å²) in [6.45, 7) is 9.27. The van der Waals surface area contributed by atoms with Crippen LogP contribution in [0, 0.1) is 6.92 Å². The van der Waals surface area contributed by atoms with Crippen molar-refractivity contribution in [3.05, 3.63) is 83.9 Å². The molecule has 0 spiro atoms. The number of carbonyl (C=O) groups excluding carboxylic acids is 2. The van der Waals surface area contributed by atoms with Crippen LogP contribution in [0.15, 0.2) is 77.7 Å². The van der Waals surface area contributed by atoms with Crippen LogP contribution in [0.3, 0.4) is 0 Å². The second-order valence-electron chi connectivity index (χ2n) is 10.1. The number of sulfonamides is 1. The Labute approximate surface area is 249 Å². The minimum Gasteiger partial charge on any atom is -0.497 e. The quantitative estimate of drug-likeness (QED) is 0.283. The molecule has 3 rings (SSSR count). The fraction of sp³-hybridized carbons (Fsp3) is 0.375. The third-order valence-electron chi connectivity index (χ3n) is 7.00. The minimum absolute atomic E-state index is 0.0547. The molecule has 0 unspecified atom stereocenters. The average molecular weight is 596 g/mol. The highest BCUT2D eigenvalue weighted by Gasteiger charge is 2.32. The summed E-state index contributed by atoms with van der Waals surface area (Å²) in [6.07, 6.45) is 0.727. The summed E-state index contributed by atoms with van der Waals surface area (Å²) in [4.78, 5) is 28.7. The molecule has 0 aromatic heterocycles. The molecule has 0 aliphatic carbocycles. The molecule has 0 aliphatic rings. The van der Waals surface area contributed by atoms with Gasteiger partial charge in [0.1, 0.15) is 24.1 Å². The molecular formula is C32H41N3O6S. The fourth-order valence-corrected chi connectivity index (χ4v) is 5.63. The predicted octanol–water partition coefficient (Wildman–Crippen LogP) is 4.93. The Morgan fingerprint density at radius 1 is 0.881 bits per heavy atom. The number of hydrogen-bond donors (Lipinski definition) is 1. The molecule has 2 atom stereocenters. The summed E-state index contributed by atoms with van der Waals surface area (Å²) in [5.41, 5.74) is 1.97. The van der Waals surface area contributed by atoms with Crippen molar-refractivity contribution in [1.82, 2.24) is 10.2 Å². The molecule has 10 heteroatoms. The van der Waals surface area contributed by atoms with Crippen molar-refractivity contribution in [1.29, 1.82) is 0 Å². The third-order valence-corrected chi connectivity index (χ3v) is 8.79. The number of carbonyl (C=O) groups is 2. The summed E-state index contributed by atoms with van der Waals surface area (Å²) in [6, 6.07) is 19.2. The molecule has 1 N–H and O–H groups in total. The highest BCUT2D eigenvalue weighted by Crippen LogP contribution is 2.27. The van der Waals surface area contributed by atoms with E-state index in [1.807, 2.05) is 39.8 Å². The molecule has 3 aromatic rings. The molecule has 0 saturated carbocycles. The first-order chi connectivity index (χ1) is 20.0. The highest BCUT2D eigenvalue weighted by molar-refractivity contribution is 7.92. The van der Waals surface area contributed by atoms with Gasteiger partial charge in [0.05, 0.1) is 24.3 Å². The molecule has 9 nitrogen and oxygen atoms in total. The highest BCUT2D eigenvalue weighted by atomic mass is 32.2. The van der Waals surface area contributed by atoms with E-state index < -0.39 is 28.5 Å². The van der Waals surface area contributed by atoms with E-state index >= 15 is 0 Å². The number of aryl methyl sites for hydroxylation is 1. The smallest absolute Gasteiger partial charge is 0.264 e. The van der Waals surface area contributed by atoms with E-state index in [9.17, 15) is 18.0 Å². The Balaban J connectivity index is 2.02. The van der Waals surface area contributed by atoms with Crippen molar-refractivity contribution >= 4 is 27.5 Å². The Morgan fingerprint density at radius 3 is 2.02 bits per heavy atom. The van der Waals surface area contributed by atoms with Crippen molar-refractivity contribution in [2.45, 2.75) is 64.6 Å². The lowest BCUT2D eigenvalue weighted by atomic mass is 10.1. The van der Waals surface area contributed by atoms with Gasteiger partial charge in [-0.25, -0.2) is 8.42 Å². The molecule has 0 aliphatic heterocycles. The van der Waals surface area contributed by atoms with Gasteiger partial charge in [0.2, 0.25) is 11.8 Å². The van der Waals surface area contributed by atoms with Crippen LogP contribution in [-0.4, -0.2) is 57.5 Å². The Morgan fingerprint density at radius 2 is 1.48 bits per heavy atom. The molecule has 226 valence electrons. The number of amides is 2. The molecule has 0 radical (unpaired) electrons. The summed E-state index contributed by atoms with van der Waals surface area (Å²) in [5, 5.41) is 2.93. The van der Waals surface area contributed by atoms with Gasteiger partial charge in [-0.1, -0.05) is 36.8 Å². The number of hydrogen-bond acceptors (Lipinski definition) is 6. The Bertz CT molecular complexity index is 1420. The number of ether oxygens (including phenoxy) is 2. The summed E-state index contributed by atoms with van der Waals surface area (Å²) >= 11 is 0. The van der Waals surface area contributed by atoms with E-state index in [0.29, 0.717) is 23.8 Å². The number of anilines is 1. The predicted molar refractivity (Wildman–Crippen MR) is 164 cm³/mol. The largest absolute Gasteiger partial charge is 0.497 e. The molecule has 2 amide bonds. The van der Waals surface area contributed by atoms with Crippen LogP contribution >= 0.6 is 0 Å². The zero-order valence-electron chi connectivity index (χ0n) is 25.2. The summed E-state index contributed by atoms with van der Waals surface area (Å²) in [5.74, 6) is 0.393. The van der Waals surface area contributed by atoms with Crippen molar-refractivity contribution < 1.29 is 27.5 Å². The van der Waals surface area contributed by atoms with Crippen LogP contribution in [0.5, 0.6) is 11.5 Å². The first-order valence-corrected chi connectivity index (χ1v) is 15.5. The van der Waals surface area contributed by atoms with Gasteiger partial charge in [0.25, 0.3) is 10.0 Å². The van der Waals surface area contributed by atoms with Crippen molar-refractivity contribution in [3.63, 3.8) is 0 Å². The van der Waals surface area contributed by atoms with Crippen molar-refractivity contribution in [2.24, 2.45) is 0 Å². The molecule has 0 heterocycles. The monoisotopic (exact) mass is 595 g/mol. The van der Waals surface area contributed by atoms with Crippen LogP contribution < -0.4 is 19.1 Å². The molecular weight excluding hydrogens is 554 g/mol. The molecule has 42 heavy (non-hydrogen) atoms. The van der Waals surface area contributed by atoms with Crippen molar-refractivity contribution in [2.75, 3.05) is 24.6 Å². The van der Waals surface area contributed by atoms with E-state index in [4.69, 9.17) is 9.47 Å². The van der Waals surface area contributed by atoms with Crippen LogP contribution in [0.4, 0.5) is 5.69 Å². The number of methoxy groups -OCH3 is 1. The third kappa shape index (κ3) is 8.25. The molecule has 3 aromatic carbocycles. The van der Waals surface area contributed by atoms with E-state index in [2.05, 4.69) is 5.32 Å². The zero-order chi connectivity index (χ0) is 30.9. The molecule has 0 fully saturated rings. The van der Waals surface area contributed by atoms with E-state index in [-0.39, 0.29) is 23.4 Å². The second kappa shape index (κ2) is 14.7. The van der Waals surface area contributed by atoms with Gasteiger partial charge >= 0.3 is 0 Å². The standard InChI is InChI=1S/C32H41N3O6S/c1-7-24(4)33-32(37)25(5)34(21-26-11-15-28(40-6)16-12-26)31(36)22-35(27-13-17-29(18-14-27)41-8-2)42(38,39)30-19-9-23(3)10-20-30/h9-20,24-25H,7-8,21-22H2,1-6H3,(H,33,37)/t24-,25-/m1/s1. The fourth-order valence-electron chi connectivity index (χ4n) is 4.22. The van der Waals surface area contributed by atoms with Gasteiger partial charge in [0.15, 0.2) is 0 Å². The van der Waals surface area contributed by atoms with Crippen LogP contribution in [0.25, 0.3) is 0 Å². The molecule has 0 bridgehead atoms. The van der Waals surface area contributed by atoms with Crippen LogP contribution in [0.1, 0.15) is 45.2 Å². The van der Waals surface area contributed by atoms with Crippen LogP contribution in [0.2, 0.25) is 0 Å². The molecule has 0 saturated heterocycles. The minimum atomic E-state index is -4.15. The Kier molecular flexibility index (Phi) is 11.4. The zero-order valence-corrected chi connectivity index (χ0v) is 26.0. The maximum atomic E-state index is 14.0. The first-order valence-electron chi connectivity index (χ1n) is 14.0. The first kappa shape index (κ1) is 32.5. The lowest BCUT2D eigenvalue weighted by molar-refractivity contribution is -0.139. The topological polar surface area (TPSA) is 105 Å². The second-order valence-corrected chi connectivity index (χ2v) is 12.0. The van der Waals surface area contributed by atoms with Gasteiger partial charge in [-0.3, -0.25) is 13.9 Å². The average Bonchev–Trinajstić information content (AvgIpc) is 2.99. The Hall–Kier alpha value is -4.05. The summed E-state index contributed by atoms with van der Waals surface area (Å²) in [7, 11) is -2.58. The maximum Gasteiger partial charge on any atom is 0.264 e. The number of nitrogens with zero attached hydrogens (tertiary/aromatic N) is 2. The maximum absolute atomic E-state index is 14.0.